The predicted molar refractivity (Wildman–Crippen MR) is 219 cm³/mol. The second-order valence-electron chi connectivity index (χ2n) is 18.1. The molecule has 0 bridgehead atoms. The number of esters is 2. The highest BCUT2D eigenvalue weighted by Gasteiger charge is 2.73. The smallest absolute Gasteiger partial charge is 0.411 e. The van der Waals surface area contributed by atoms with E-state index >= 15 is 26.3 Å². The molecule has 332 valence electrons. The Morgan fingerprint density at radius 1 is 0.524 bits per heavy atom. The van der Waals surface area contributed by atoms with E-state index in [2.05, 4.69) is 0 Å². The molecule has 16 heteroatoms. The number of nitrogens with zero attached hydrogens (tertiary/aromatic N) is 2. The number of halogens is 6. The second-order valence-corrected chi connectivity index (χ2v) is 18.1. The van der Waals surface area contributed by atoms with Gasteiger partial charge < -0.3 is 9.47 Å². The maximum absolute atomic E-state index is 15.4. The summed E-state index contributed by atoms with van der Waals surface area (Å²) in [4.78, 5) is 81.6. The quantitative estimate of drug-likeness (QED) is 0.0741. The number of imide groups is 2. The fourth-order valence-corrected chi connectivity index (χ4v) is 7.58. The minimum Gasteiger partial charge on any atom is -0.426 e. The number of alkyl halides is 6. The van der Waals surface area contributed by atoms with Crippen molar-refractivity contribution >= 4 is 41.3 Å². The summed E-state index contributed by atoms with van der Waals surface area (Å²) < 4.78 is 104. The number of amides is 4. The van der Waals surface area contributed by atoms with E-state index in [0.717, 1.165) is 11.0 Å². The summed E-state index contributed by atoms with van der Waals surface area (Å²) in [6.45, 7) is 16.5. The molecule has 10 nitrogen and oxygen atoms in total. The molecule has 4 amide bonds. The van der Waals surface area contributed by atoms with Crippen LogP contribution in [0.3, 0.4) is 0 Å². The highest BCUT2D eigenvalue weighted by molar-refractivity contribution is 6.35. The van der Waals surface area contributed by atoms with Crippen molar-refractivity contribution in [3.63, 3.8) is 0 Å². The monoisotopic (exact) mass is 878 g/mol. The third-order valence-electron chi connectivity index (χ3n) is 10.8. The fraction of sp³-hybridized carbons (Fsp3) is 0.362. The molecule has 0 aromatic heterocycles. The molecule has 6 rings (SSSR count). The molecule has 0 aliphatic carbocycles. The van der Waals surface area contributed by atoms with Crippen molar-refractivity contribution < 1.29 is 64.6 Å². The van der Waals surface area contributed by atoms with Crippen LogP contribution in [0, 0.1) is 11.8 Å². The van der Waals surface area contributed by atoms with Crippen LogP contribution in [0.25, 0.3) is 11.1 Å². The second kappa shape index (κ2) is 15.5. The third kappa shape index (κ3) is 7.77. The predicted octanol–water partition coefficient (Wildman–Crippen LogP) is 10.4. The van der Waals surface area contributed by atoms with Gasteiger partial charge in [0.05, 0.1) is 39.8 Å². The molecule has 0 fully saturated rings. The summed E-state index contributed by atoms with van der Waals surface area (Å²) in [5.74, 6) is -7.05. The SMILES string of the molecule is CC(C)C(=O)Oc1cc(-c2ccc(C(C)(C)C)c(OC(=O)C(C)C)c2)ccc1N1C(=O)c2ccc(C(c3ccc4c(c3)C(=O)N(C(C)(C)C)C4=O)(C(F)(F)F)C(F)(F)F)cc2C1=O. The van der Waals surface area contributed by atoms with Gasteiger partial charge in [0.25, 0.3) is 23.6 Å². The van der Waals surface area contributed by atoms with Crippen molar-refractivity contribution in [2.24, 2.45) is 11.8 Å². The average Bonchev–Trinajstić information content (AvgIpc) is 3.56. The number of rotatable bonds is 8. The Morgan fingerprint density at radius 3 is 1.40 bits per heavy atom. The summed E-state index contributed by atoms with van der Waals surface area (Å²) in [5.41, 5.74) is -10.7. The average molecular weight is 879 g/mol. The van der Waals surface area contributed by atoms with Crippen LogP contribution in [0.4, 0.5) is 32.0 Å². The molecule has 2 heterocycles. The maximum Gasteiger partial charge on any atom is 0.411 e. The number of anilines is 1. The standard InChI is InChI=1S/C47H44F6N2O8/c1-23(2)41(60)62-35-19-25(11-17-33(35)43(5,6)7)26-12-18-34(36(20-26)63-42(61)24(3)4)54-37(56)29-15-13-27(21-31(29)38(54)57)45(46(48,49)50,47(51,52)53)28-14-16-30-32(22-28)40(59)55(39(30)58)44(8,9)10/h11-24H,1-10H3. The van der Waals surface area contributed by atoms with Crippen molar-refractivity contribution in [3.8, 4) is 22.6 Å². The highest BCUT2D eigenvalue weighted by Crippen LogP contribution is 2.57. The molecular formula is C47H44F6N2O8. The Hall–Kier alpha value is -6.32. The van der Waals surface area contributed by atoms with Crippen molar-refractivity contribution in [3.05, 3.63) is 112 Å². The lowest BCUT2D eigenvalue weighted by molar-refractivity contribution is -0.288. The normalized spacial score (nSPS) is 14.8. The zero-order chi connectivity index (χ0) is 47.1. The molecule has 4 aromatic rings. The lowest BCUT2D eigenvalue weighted by Crippen LogP contribution is -2.55. The van der Waals surface area contributed by atoms with Crippen LogP contribution >= 0.6 is 0 Å². The van der Waals surface area contributed by atoms with Gasteiger partial charge >= 0.3 is 24.3 Å². The van der Waals surface area contributed by atoms with Gasteiger partial charge in [-0.15, -0.1) is 0 Å². The molecule has 0 saturated heterocycles. The summed E-state index contributed by atoms with van der Waals surface area (Å²) in [7, 11) is 0. The van der Waals surface area contributed by atoms with Gasteiger partial charge in [0, 0.05) is 11.1 Å². The molecule has 2 aliphatic heterocycles. The molecule has 2 aliphatic rings. The van der Waals surface area contributed by atoms with E-state index < -0.39 is 104 Å². The molecule has 4 aromatic carbocycles. The number of hydrogen-bond donors (Lipinski definition) is 0. The van der Waals surface area contributed by atoms with Crippen molar-refractivity contribution in [2.75, 3.05) is 4.90 Å². The van der Waals surface area contributed by atoms with Crippen molar-refractivity contribution in [1.29, 1.82) is 0 Å². The van der Waals surface area contributed by atoms with Crippen LogP contribution in [0.1, 0.15) is 127 Å². The van der Waals surface area contributed by atoms with Crippen LogP contribution in [0.5, 0.6) is 11.5 Å². The number of benzene rings is 4. The van der Waals surface area contributed by atoms with E-state index in [1.165, 1.54) is 52.8 Å². The molecule has 0 saturated carbocycles. The summed E-state index contributed by atoms with van der Waals surface area (Å²) in [6, 6.07) is 12.1. The van der Waals surface area contributed by atoms with E-state index in [0.29, 0.717) is 51.9 Å². The number of hydrogen-bond acceptors (Lipinski definition) is 8. The molecule has 0 unspecified atom stereocenters. The first-order chi connectivity index (χ1) is 28.9. The summed E-state index contributed by atoms with van der Waals surface area (Å²) in [5, 5.41) is 0. The van der Waals surface area contributed by atoms with Crippen molar-refractivity contribution in [2.45, 2.75) is 98.0 Å². The zero-order valence-electron chi connectivity index (χ0n) is 36.0. The molecule has 0 atom stereocenters. The highest BCUT2D eigenvalue weighted by atomic mass is 19.4. The number of ether oxygens (including phenoxy) is 2. The Morgan fingerprint density at radius 2 is 0.937 bits per heavy atom. The third-order valence-corrected chi connectivity index (χ3v) is 10.8. The van der Waals surface area contributed by atoms with Gasteiger partial charge in [-0.3, -0.25) is 33.7 Å². The van der Waals surface area contributed by atoms with E-state index in [9.17, 15) is 28.8 Å². The fourth-order valence-electron chi connectivity index (χ4n) is 7.58. The zero-order valence-corrected chi connectivity index (χ0v) is 36.0. The van der Waals surface area contributed by atoms with E-state index in [1.807, 2.05) is 20.8 Å². The number of carbonyl (C=O) groups is 6. The van der Waals surface area contributed by atoms with Crippen LogP contribution in [-0.2, 0) is 20.4 Å². The van der Waals surface area contributed by atoms with Crippen LogP contribution in [0.15, 0.2) is 72.8 Å². The first kappa shape index (κ1) is 46.2. The summed E-state index contributed by atoms with van der Waals surface area (Å²) in [6.07, 6.45) is -12.3. The van der Waals surface area contributed by atoms with Crippen molar-refractivity contribution in [1.82, 2.24) is 4.90 Å². The van der Waals surface area contributed by atoms with E-state index in [1.54, 1.807) is 32.0 Å². The van der Waals surface area contributed by atoms with Gasteiger partial charge in [0.15, 0.2) is 5.75 Å². The Balaban J connectivity index is 1.48. The Labute approximate surface area is 359 Å². The topological polar surface area (TPSA) is 127 Å². The molecular weight excluding hydrogens is 835 g/mol. The largest absolute Gasteiger partial charge is 0.426 e. The lowest BCUT2D eigenvalue weighted by atomic mass is 9.71. The minimum absolute atomic E-state index is 0.250. The van der Waals surface area contributed by atoms with E-state index in [-0.39, 0.29) is 22.7 Å². The Bertz CT molecular complexity index is 2600. The van der Waals surface area contributed by atoms with Crippen LogP contribution in [0.2, 0.25) is 0 Å². The Kier molecular flexibility index (Phi) is 11.4. The first-order valence-electron chi connectivity index (χ1n) is 19.9. The van der Waals surface area contributed by atoms with Crippen LogP contribution in [-0.4, -0.2) is 58.4 Å². The van der Waals surface area contributed by atoms with Gasteiger partial charge in [-0.1, -0.05) is 78.8 Å². The van der Waals surface area contributed by atoms with E-state index in [4.69, 9.17) is 9.47 Å². The van der Waals surface area contributed by atoms with Crippen LogP contribution < -0.4 is 14.4 Å². The van der Waals surface area contributed by atoms with Gasteiger partial charge in [0.1, 0.15) is 5.75 Å². The minimum atomic E-state index is -6.17. The summed E-state index contributed by atoms with van der Waals surface area (Å²) >= 11 is 0. The number of fused-ring (bicyclic) bond motifs is 2. The molecule has 0 N–H and O–H groups in total. The van der Waals surface area contributed by atoms with Gasteiger partial charge in [-0.05, 0) is 90.9 Å². The van der Waals surface area contributed by atoms with Gasteiger partial charge in [-0.2, -0.15) is 26.3 Å². The molecule has 63 heavy (non-hydrogen) atoms. The first-order valence-corrected chi connectivity index (χ1v) is 19.9. The maximum atomic E-state index is 15.4. The number of carbonyl (C=O) groups excluding carboxylic acids is 6. The van der Waals surface area contributed by atoms with Gasteiger partial charge in [0.2, 0.25) is 5.41 Å². The molecule has 0 radical (unpaired) electrons. The molecule has 0 spiro atoms. The lowest BCUT2D eigenvalue weighted by Gasteiger charge is -2.38. The van der Waals surface area contributed by atoms with Gasteiger partial charge in [-0.25, -0.2) is 4.90 Å².